The maximum Gasteiger partial charge on any atom is 0.300 e. The Morgan fingerprint density at radius 3 is 1.59 bits per heavy atom. The summed E-state index contributed by atoms with van der Waals surface area (Å²) < 4.78 is 32.5. The number of thioether (sulfide) groups is 1. The summed E-state index contributed by atoms with van der Waals surface area (Å²) in [4.78, 5) is 25.8. The van der Waals surface area contributed by atoms with Crippen molar-refractivity contribution in [3.63, 3.8) is 0 Å². The summed E-state index contributed by atoms with van der Waals surface area (Å²) >= 11 is 1.73. The average molecular weight is 520 g/mol. The number of nitro benzene ring substituents is 3. The molecular formula is C14H21N3O12S3. The summed E-state index contributed by atoms with van der Waals surface area (Å²) in [6.07, 6.45) is 0. The van der Waals surface area contributed by atoms with Crippen molar-refractivity contribution in [2.24, 2.45) is 0 Å². The molecule has 0 atom stereocenters. The second kappa shape index (κ2) is 14.9. The molecule has 0 bridgehead atoms. The van der Waals surface area contributed by atoms with Gasteiger partial charge in [0.1, 0.15) is 27.4 Å². The molecule has 0 amide bonds. The van der Waals surface area contributed by atoms with E-state index in [1.807, 2.05) is 0 Å². The van der Waals surface area contributed by atoms with E-state index in [2.05, 4.69) is 0 Å². The number of non-ortho nitro benzene ring substituents is 1. The first-order chi connectivity index (χ1) is 14.9. The number of nitro groups is 3. The zero-order valence-corrected chi connectivity index (χ0v) is 18.8. The van der Waals surface area contributed by atoms with Gasteiger partial charge in [-0.3, -0.25) is 30.3 Å². The highest BCUT2D eigenvalue weighted by Crippen LogP contribution is 2.36. The number of aliphatic hydroxyl groups is 3. The number of benzene rings is 1. The molecule has 0 saturated heterocycles. The molecule has 0 radical (unpaired) electrons. The predicted molar refractivity (Wildman–Crippen MR) is 115 cm³/mol. The Morgan fingerprint density at radius 2 is 1.28 bits per heavy atom. The van der Waals surface area contributed by atoms with Gasteiger partial charge in [0.05, 0.1) is 46.7 Å². The summed E-state index contributed by atoms with van der Waals surface area (Å²) in [5, 5.41) is 57.6. The van der Waals surface area contributed by atoms with Gasteiger partial charge in [-0.2, -0.15) is 11.8 Å². The molecule has 1 aromatic rings. The Bertz CT molecular complexity index is 855. The van der Waals surface area contributed by atoms with Crippen LogP contribution in [-0.2, 0) is 21.0 Å². The third-order valence-corrected chi connectivity index (χ3v) is 7.84. The van der Waals surface area contributed by atoms with Crippen molar-refractivity contribution in [3.05, 3.63) is 42.5 Å². The number of nitrogens with zero attached hydrogens (tertiary/aromatic N) is 3. The lowest BCUT2D eigenvalue weighted by Crippen LogP contribution is -2.22. The Balaban J connectivity index is 0.000000649. The Morgan fingerprint density at radius 1 is 0.812 bits per heavy atom. The van der Waals surface area contributed by atoms with E-state index in [1.54, 1.807) is 11.8 Å². The fourth-order valence-electron chi connectivity index (χ4n) is 2.12. The molecule has 0 spiro atoms. The van der Waals surface area contributed by atoms with Crippen LogP contribution in [0.5, 0.6) is 0 Å². The van der Waals surface area contributed by atoms with Crippen LogP contribution < -0.4 is 0 Å². The van der Waals surface area contributed by atoms with Gasteiger partial charge in [-0.1, -0.05) is 0 Å². The lowest BCUT2D eigenvalue weighted by Gasteiger charge is -2.07. The van der Waals surface area contributed by atoms with E-state index < -0.39 is 46.8 Å². The highest BCUT2D eigenvalue weighted by Gasteiger charge is 2.34. The first-order valence-corrected chi connectivity index (χ1v) is 12.8. The summed E-state index contributed by atoms with van der Waals surface area (Å²) in [5.41, 5.74) is -4.11. The number of hydrogen-bond acceptors (Lipinski definition) is 13. The van der Waals surface area contributed by atoms with E-state index >= 15 is 0 Å². The molecule has 0 aliphatic heterocycles. The molecule has 1 rings (SSSR count). The molecule has 0 aliphatic rings. The van der Waals surface area contributed by atoms with Crippen molar-refractivity contribution < 1.29 is 43.1 Å². The molecule has 0 aromatic heterocycles. The maximum atomic E-state index is 10.8. The van der Waals surface area contributed by atoms with Gasteiger partial charge in [-0.25, -0.2) is 8.42 Å². The number of hydrogen-bond donors (Lipinski definition) is 3. The molecule has 3 N–H and O–H groups in total. The summed E-state index contributed by atoms with van der Waals surface area (Å²) in [6.45, 7) is 0.667. The van der Waals surface area contributed by atoms with Gasteiger partial charge in [-0.15, -0.1) is 0 Å². The van der Waals surface area contributed by atoms with Crippen LogP contribution in [0.25, 0.3) is 0 Å². The van der Waals surface area contributed by atoms with Crippen molar-refractivity contribution in [1.29, 1.82) is 0 Å². The average Bonchev–Trinajstić information content (AvgIpc) is 2.70. The molecule has 18 heteroatoms. The van der Waals surface area contributed by atoms with Gasteiger partial charge in [0.2, 0.25) is 4.90 Å². The van der Waals surface area contributed by atoms with Crippen molar-refractivity contribution >= 4 is 49.8 Å². The van der Waals surface area contributed by atoms with Crippen LogP contribution in [0.15, 0.2) is 17.0 Å². The summed E-state index contributed by atoms with van der Waals surface area (Å²) in [5.74, 6) is 4.46. The van der Waals surface area contributed by atoms with Gasteiger partial charge in [0.25, 0.3) is 5.69 Å². The first-order valence-electron chi connectivity index (χ1n) is 8.52. The predicted octanol–water partition coefficient (Wildman–Crippen LogP) is -0.370. The smallest absolute Gasteiger partial charge is 0.300 e. The Hall–Kier alpha value is -2.09. The fraction of sp³-hybridized carbons (Fsp3) is 0.571. The zero-order chi connectivity index (χ0) is 24.9. The summed E-state index contributed by atoms with van der Waals surface area (Å²) in [6, 6.07) is 0.329. The van der Waals surface area contributed by atoms with E-state index in [0.717, 1.165) is 28.8 Å². The number of rotatable bonds is 13. The third kappa shape index (κ3) is 10.5. The zero-order valence-electron chi connectivity index (χ0n) is 16.4. The van der Waals surface area contributed by atoms with Crippen molar-refractivity contribution in [2.75, 3.05) is 48.6 Å². The van der Waals surface area contributed by atoms with Gasteiger partial charge >= 0.3 is 11.4 Å². The van der Waals surface area contributed by atoms with E-state index in [-0.39, 0.29) is 42.8 Å². The molecule has 0 unspecified atom stereocenters. The minimum atomic E-state index is -5.55. The van der Waals surface area contributed by atoms with Crippen LogP contribution >= 0.6 is 11.8 Å². The highest BCUT2D eigenvalue weighted by molar-refractivity contribution is 8.01. The van der Waals surface area contributed by atoms with Crippen molar-refractivity contribution in [2.45, 2.75) is 4.90 Å². The lowest BCUT2D eigenvalue weighted by molar-refractivity contribution is -0.407. The van der Waals surface area contributed by atoms with Crippen molar-refractivity contribution in [3.8, 4) is 0 Å². The highest BCUT2D eigenvalue weighted by atomic mass is 32.2. The molecule has 32 heavy (non-hydrogen) atoms. The molecule has 1 aromatic carbocycles. The minimum absolute atomic E-state index is 0.164. The van der Waals surface area contributed by atoms with Gasteiger partial charge in [-0.05, 0) is 10.9 Å². The molecule has 0 saturated carbocycles. The quantitative estimate of drug-likeness (QED) is 0.0990. The second-order valence-electron chi connectivity index (χ2n) is 5.55. The van der Waals surface area contributed by atoms with Crippen LogP contribution in [-0.4, -0.2) is 91.6 Å². The van der Waals surface area contributed by atoms with E-state index in [1.165, 1.54) is 0 Å². The minimum Gasteiger partial charge on any atom is -0.744 e. The van der Waals surface area contributed by atoms with Crippen LogP contribution in [0, 0.1) is 30.3 Å². The normalized spacial score (nSPS) is 11.0. The lowest BCUT2D eigenvalue weighted by atomic mass is 10.2. The molecule has 0 fully saturated rings. The topological polar surface area (TPSA) is 247 Å². The van der Waals surface area contributed by atoms with Gasteiger partial charge < -0.3 is 19.9 Å². The van der Waals surface area contributed by atoms with Crippen molar-refractivity contribution in [1.82, 2.24) is 0 Å². The molecule has 0 aliphatic carbocycles. The molecular weight excluding hydrogens is 498 g/mol. The van der Waals surface area contributed by atoms with Crippen LogP contribution in [0.1, 0.15) is 0 Å². The molecule has 15 nitrogen and oxygen atoms in total. The third-order valence-electron chi connectivity index (χ3n) is 3.40. The molecule has 182 valence electrons. The monoisotopic (exact) mass is 519 g/mol. The van der Waals surface area contributed by atoms with E-state index in [0.29, 0.717) is 0 Å². The fourth-order valence-corrected chi connectivity index (χ4v) is 5.78. The van der Waals surface area contributed by atoms with E-state index in [9.17, 15) is 43.3 Å². The SMILES string of the molecule is O=[N+]([O-])c1cc([N+](=O)[O-])c(S(=O)(=O)[O-])c([N+](=O)[O-])c1.OCCSCC[S+](CCO)CCO. The standard InChI is InChI=1S/C8H19O3S2.C6H3N3O9S/c9-1-4-12-5-8-13(6-2-10)7-3-11;10-7(11)3-1-4(8(12)13)6(19(16,17)18)5(2-3)9(14)15/h9-11H,1-8H2;1-2H,(H,16,17,18)/q+1;/p-1. The Labute approximate surface area is 189 Å². The van der Waals surface area contributed by atoms with Crippen LogP contribution in [0.2, 0.25) is 0 Å². The number of aliphatic hydroxyl groups excluding tert-OH is 3. The van der Waals surface area contributed by atoms with Crippen LogP contribution in [0.3, 0.4) is 0 Å². The first kappa shape index (κ1) is 29.9. The Kier molecular flexibility index (Phi) is 13.9. The largest absolute Gasteiger partial charge is 0.744 e. The maximum absolute atomic E-state index is 10.8. The van der Waals surface area contributed by atoms with E-state index in [4.69, 9.17) is 15.3 Å². The van der Waals surface area contributed by atoms with Gasteiger partial charge in [0.15, 0.2) is 0 Å². The summed E-state index contributed by atoms with van der Waals surface area (Å²) in [7, 11) is -5.38. The van der Waals surface area contributed by atoms with Gasteiger partial charge in [0, 0.05) is 11.5 Å². The molecule has 0 heterocycles. The van der Waals surface area contributed by atoms with Crippen LogP contribution in [0.4, 0.5) is 17.1 Å². The second-order valence-corrected chi connectivity index (χ2v) is 10.5.